The molecule has 0 bridgehead atoms. The fraction of sp³-hybridized carbons (Fsp3) is 0.562. The average Bonchev–Trinajstić information content (AvgIpc) is 3.19. The van der Waals surface area contributed by atoms with Crippen molar-refractivity contribution in [2.75, 3.05) is 18.8 Å². The molecule has 2 aromatic heterocycles. The summed E-state index contributed by atoms with van der Waals surface area (Å²) in [6, 6.07) is 0. The van der Waals surface area contributed by atoms with Crippen molar-refractivity contribution >= 4 is 55.7 Å². The summed E-state index contributed by atoms with van der Waals surface area (Å²) in [4.78, 5) is 14.1. The maximum Gasteiger partial charge on any atom is 0.142 e. The molecular formula is C16H20N4S3. The number of hydrogen-bond donors (Lipinski definition) is 1. The summed E-state index contributed by atoms with van der Waals surface area (Å²) in [5.74, 6) is 2.16. The predicted octanol–water partition coefficient (Wildman–Crippen LogP) is 3.77. The summed E-state index contributed by atoms with van der Waals surface area (Å²) in [6.07, 6.45) is 7.31. The van der Waals surface area contributed by atoms with Gasteiger partial charge in [0.05, 0.1) is 11.1 Å². The van der Waals surface area contributed by atoms with E-state index < -0.39 is 0 Å². The number of likely N-dealkylation sites (tertiary alicyclic amines) is 1. The third-order valence-electron chi connectivity index (χ3n) is 4.58. The Hall–Kier alpha value is -0.920. The number of nitrogens with two attached hydrogens (primary N) is 1. The van der Waals surface area contributed by atoms with Crippen molar-refractivity contribution in [3.05, 3.63) is 16.3 Å². The first-order valence-electron chi connectivity index (χ1n) is 8.20. The Morgan fingerprint density at radius 1 is 1.17 bits per heavy atom. The van der Waals surface area contributed by atoms with Crippen LogP contribution in [0.5, 0.6) is 0 Å². The van der Waals surface area contributed by atoms with Crippen LogP contribution in [0.15, 0.2) is 0 Å². The highest BCUT2D eigenvalue weighted by atomic mass is 32.2. The Kier molecular flexibility index (Phi) is 4.43. The van der Waals surface area contributed by atoms with Crippen LogP contribution in [-0.2, 0) is 18.6 Å². The molecule has 0 aromatic carbocycles. The maximum absolute atomic E-state index is 6.26. The highest BCUT2D eigenvalue weighted by Crippen LogP contribution is 2.38. The van der Waals surface area contributed by atoms with E-state index in [1.165, 1.54) is 42.5 Å². The number of nitrogens with zero attached hydrogens (tertiary/aromatic N) is 3. The van der Waals surface area contributed by atoms with Gasteiger partial charge in [-0.15, -0.1) is 11.3 Å². The van der Waals surface area contributed by atoms with Crippen molar-refractivity contribution in [3.63, 3.8) is 0 Å². The number of thiophene rings is 1. The number of hydrogen-bond acceptors (Lipinski definition) is 6. The van der Waals surface area contributed by atoms with Crippen molar-refractivity contribution in [2.45, 2.75) is 44.3 Å². The summed E-state index contributed by atoms with van der Waals surface area (Å²) in [5.41, 5.74) is 7.66. The Morgan fingerprint density at radius 2 is 1.96 bits per heavy atom. The van der Waals surface area contributed by atoms with Gasteiger partial charge in [-0.2, -0.15) is 0 Å². The van der Waals surface area contributed by atoms with Crippen molar-refractivity contribution in [2.24, 2.45) is 0 Å². The summed E-state index contributed by atoms with van der Waals surface area (Å²) in [7, 11) is 0. The summed E-state index contributed by atoms with van der Waals surface area (Å²) in [5, 5.41) is 1.11. The van der Waals surface area contributed by atoms with E-state index in [0.717, 1.165) is 39.9 Å². The molecule has 0 saturated carbocycles. The second-order valence-corrected chi connectivity index (χ2v) is 8.86. The Labute approximate surface area is 149 Å². The number of thiocarbonyl (C=S) groups is 1. The number of thioether (sulfide) groups is 1. The molecular weight excluding hydrogens is 344 g/mol. The predicted molar refractivity (Wildman–Crippen MR) is 103 cm³/mol. The van der Waals surface area contributed by atoms with E-state index in [1.807, 2.05) is 0 Å². The third kappa shape index (κ3) is 3.06. The lowest BCUT2D eigenvalue weighted by Gasteiger charge is -2.17. The fourth-order valence-corrected chi connectivity index (χ4v) is 5.81. The summed E-state index contributed by atoms with van der Waals surface area (Å²) in [6.45, 7) is 2.18. The van der Waals surface area contributed by atoms with Crippen LogP contribution < -0.4 is 5.73 Å². The zero-order valence-electron chi connectivity index (χ0n) is 13.0. The van der Waals surface area contributed by atoms with Gasteiger partial charge >= 0.3 is 0 Å². The average molecular weight is 365 g/mol. The van der Waals surface area contributed by atoms with Crippen LogP contribution in [-0.4, -0.2) is 32.3 Å². The number of nitrogen functional groups attached to an aromatic ring is 1. The van der Waals surface area contributed by atoms with Gasteiger partial charge in [0.2, 0.25) is 0 Å². The molecule has 1 aliphatic carbocycles. The molecule has 4 nitrogen and oxygen atoms in total. The van der Waals surface area contributed by atoms with E-state index in [0.29, 0.717) is 11.6 Å². The first-order chi connectivity index (χ1) is 11.2. The molecule has 7 heteroatoms. The molecule has 4 rings (SSSR count). The van der Waals surface area contributed by atoms with Crippen LogP contribution in [0.1, 0.15) is 41.9 Å². The molecule has 3 heterocycles. The monoisotopic (exact) mass is 364 g/mol. The molecule has 2 aromatic rings. The first kappa shape index (κ1) is 15.6. The van der Waals surface area contributed by atoms with E-state index in [4.69, 9.17) is 22.9 Å². The Bertz CT molecular complexity index is 749. The zero-order chi connectivity index (χ0) is 15.8. The number of rotatable bonds is 2. The summed E-state index contributed by atoms with van der Waals surface area (Å²) < 4.78 is 0.968. The molecule has 1 fully saturated rings. The minimum Gasteiger partial charge on any atom is -0.383 e. The van der Waals surface area contributed by atoms with Gasteiger partial charge in [0.25, 0.3) is 0 Å². The SMILES string of the molecule is Nc1nc(CSC(=S)N2CCCC2)nc2sc3c(c12)CCCC3. The van der Waals surface area contributed by atoms with Crippen LogP contribution in [0.3, 0.4) is 0 Å². The number of aryl methyl sites for hydroxylation is 2. The molecule has 0 unspecified atom stereocenters. The van der Waals surface area contributed by atoms with Crippen molar-refractivity contribution in [1.29, 1.82) is 0 Å². The van der Waals surface area contributed by atoms with Crippen molar-refractivity contribution in [1.82, 2.24) is 14.9 Å². The van der Waals surface area contributed by atoms with Gasteiger partial charge in [-0.05, 0) is 44.1 Å². The normalized spacial score (nSPS) is 17.7. The van der Waals surface area contributed by atoms with Crippen LogP contribution in [0.25, 0.3) is 10.2 Å². The summed E-state index contributed by atoms with van der Waals surface area (Å²) >= 11 is 8.98. The number of aromatic nitrogens is 2. The molecule has 0 radical (unpaired) electrons. The van der Waals surface area contributed by atoms with Gasteiger partial charge in [-0.1, -0.05) is 24.0 Å². The minimum absolute atomic E-state index is 0.650. The van der Waals surface area contributed by atoms with E-state index in [9.17, 15) is 0 Å². The van der Waals surface area contributed by atoms with Gasteiger partial charge in [0.15, 0.2) is 0 Å². The lowest BCUT2D eigenvalue weighted by molar-refractivity contribution is 0.539. The second-order valence-electron chi connectivity index (χ2n) is 6.16. The maximum atomic E-state index is 6.26. The van der Waals surface area contributed by atoms with Crippen LogP contribution in [0, 0.1) is 0 Å². The lowest BCUT2D eigenvalue weighted by atomic mass is 9.97. The molecule has 0 spiro atoms. The van der Waals surface area contributed by atoms with E-state index in [2.05, 4.69) is 9.88 Å². The van der Waals surface area contributed by atoms with Gasteiger partial charge < -0.3 is 10.6 Å². The molecule has 0 atom stereocenters. The van der Waals surface area contributed by atoms with Gasteiger partial charge in [-0.25, -0.2) is 9.97 Å². The van der Waals surface area contributed by atoms with Crippen molar-refractivity contribution in [3.8, 4) is 0 Å². The van der Waals surface area contributed by atoms with E-state index >= 15 is 0 Å². The second kappa shape index (κ2) is 6.53. The molecule has 0 amide bonds. The van der Waals surface area contributed by atoms with Crippen LogP contribution in [0.2, 0.25) is 0 Å². The molecule has 2 aliphatic rings. The lowest BCUT2D eigenvalue weighted by Crippen LogP contribution is -2.23. The fourth-order valence-electron chi connectivity index (χ4n) is 3.41. The molecule has 23 heavy (non-hydrogen) atoms. The molecule has 1 aliphatic heterocycles. The quantitative estimate of drug-likeness (QED) is 0.819. The van der Waals surface area contributed by atoms with Crippen LogP contribution in [0.4, 0.5) is 5.82 Å². The molecule has 122 valence electrons. The largest absolute Gasteiger partial charge is 0.383 e. The van der Waals surface area contributed by atoms with Gasteiger partial charge in [0, 0.05) is 18.0 Å². The topological polar surface area (TPSA) is 55.0 Å². The van der Waals surface area contributed by atoms with E-state index in [-0.39, 0.29) is 0 Å². The minimum atomic E-state index is 0.650. The van der Waals surface area contributed by atoms with Gasteiger partial charge in [0.1, 0.15) is 20.8 Å². The van der Waals surface area contributed by atoms with Crippen molar-refractivity contribution < 1.29 is 0 Å². The van der Waals surface area contributed by atoms with Crippen LogP contribution >= 0.6 is 35.3 Å². The zero-order valence-corrected chi connectivity index (χ0v) is 15.5. The Balaban J connectivity index is 1.55. The highest BCUT2D eigenvalue weighted by Gasteiger charge is 2.21. The smallest absolute Gasteiger partial charge is 0.142 e. The number of anilines is 1. The third-order valence-corrected chi connectivity index (χ3v) is 7.28. The van der Waals surface area contributed by atoms with E-state index in [1.54, 1.807) is 23.1 Å². The van der Waals surface area contributed by atoms with Gasteiger partial charge in [-0.3, -0.25) is 0 Å². The Morgan fingerprint density at radius 3 is 2.78 bits per heavy atom. The number of fused-ring (bicyclic) bond motifs is 3. The highest BCUT2D eigenvalue weighted by molar-refractivity contribution is 8.22. The molecule has 1 saturated heterocycles. The standard InChI is InChI=1S/C16H20N4S3/c17-14-13-10-5-1-2-6-11(10)23-15(13)19-12(18-14)9-22-16(21)20-7-3-4-8-20/h1-9H2,(H2,17,18,19). The first-order valence-corrected chi connectivity index (χ1v) is 10.4. The molecule has 2 N–H and O–H groups in total.